The number of benzene rings is 4. The summed E-state index contributed by atoms with van der Waals surface area (Å²) < 4.78 is 6.52. The maximum Gasteiger partial charge on any atom is 0.144 e. The van der Waals surface area contributed by atoms with Crippen LogP contribution in [0.25, 0.3) is 88.5 Å². The van der Waals surface area contributed by atoms with Gasteiger partial charge in [-0.25, -0.2) is 9.97 Å². The molecule has 0 fully saturated rings. The SMILES string of the molecule is c1cncc(-c2cc(-c3cccc(-c4nc5ccccc5c5c4ccc4c6ccccc6oc45)c3)cc(-c3cccnc3)n2)c1. The number of rotatable bonds is 4. The summed E-state index contributed by atoms with van der Waals surface area (Å²) in [6.07, 6.45) is 7.25. The summed E-state index contributed by atoms with van der Waals surface area (Å²) in [6, 6.07) is 41.7. The maximum atomic E-state index is 6.52. The zero-order chi connectivity index (χ0) is 29.7. The predicted molar refractivity (Wildman–Crippen MR) is 182 cm³/mol. The third-order valence-electron chi connectivity index (χ3n) is 8.42. The third kappa shape index (κ3) is 4.25. The standard InChI is InChI=1S/C40H24N4O/c1-3-14-34-32(13-1)38-33(17-16-31-30-12-2-4-15-37(30)45-40(31)38)39(44-34)26-9-5-8-25(20-26)29-21-35(27-10-6-18-41-23-27)43-36(22-29)28-11-7-19-42-24-28/h1-24H. The molecule has 0 atom stereocenters. The Hall–Kier alpha value is -6.20. The first-order valence-electron chi connectivity index (χ1n) is 14.9. The van der Waals surface area contributed by atoms with Gasteiger partial charge in [-0.1, -0.05) is 60.7 Å². The van der Waals surface area contributed by atoms with E-state index in [0.29, 0.717) is 0 Å². The molecule has 0 saturated heterocycles. The summed E-state index contributed by atoms with van der Waals surface area (Å²) in [7, 11) is 0. The van der Waals surface area contributed by atoms with Gasteiger partial charge < -0.3 is 4.42 Å². The van der Waals surface area contributed by atoms with E-state index in [2.05, 4.69) is 88.8 Å². The predicted octanol–water partition coefficient (Wildman–Crippen LogP) is 10.1. The van der Waals surface area contributed by atoms with E-state index in [-0.39, 0.29) is 0 Å². The highest BCUT2D eigenvalue weighted by molar-refractivity contribution is 6.24. The Kier molecular flexibility index (Phi) is 5.74. The maximum absolute atomic E-state index is 6.52. The number of nitrogens with zero attached hydrogens (tertiary/aromatic N) is 4. The molecule has 5 heterocycles. The van der Waals surface area contributed by atoms with Gasteiger partial charge in [0, 0.05) is 68.4 Å². The van der Waals surface area contributed by atoms with Gasteiger partial charge in [0.1, 0.15) is 11.2 Å². The van der Waals surface area contributed by atoms with Gasteiger partial charge in [-0.05, 0) is 71.8 Å². The van der Waals surface area contributed by atoms with E-state index >= 15 is 0 Å². The van der Waals surface area contributed by atoms with Crippen LogP contribution in [0.15, 0.2) is 151 Å². The Bertz CT molecular complexity index is 2480. The Balaban J connectivity index is 1.27. The number of pyridine rings is 4. The number of aromatic nitrogens is 4. The molecule has 0 spiro atoms. The molecule has 0 aliphatic rings. The molecule has 4 aromatic carbocycles. The molecule has 0 amide bonds. The molecule has 5 heteroatoms. The van der Waals surface area contributed by atoms with Crippen LogP contribution >= 0.6 is 0 Å². The topological polar surface area (TPSA) is 64.7 Å². The van der Waals surface area contributed by atoms with Crippen LogP contribution in [0.1, 0.15) is 0 Å². The molecule has 210 valence electrons. The first-order chi connectivity index (χ1) is 22.3. The molecule has 0 N–H and O–H groups in total. The molecule has 0 saturated carbocycles. The van der Waals surface area contributed by atoms with Crippen molar-refractivity contribution in [2.24, 2.45) is 0 Å². The molecule has 0 bridgehead atoms. The molecule has 5 nitrogen and oxygen atoms in total. The minimum Gasteiger partial charge on any atom is -0.455 e. The van der Waals surface area contributed by atoms with Gasteiger partial charge in [0.15, 0.2) is 0 Å². The van der Waals surface area contributed by atoms with Gasteiger partial charge in [0.25, 0.3) is 0 Å². The monoisotopic (exact) mass is 576 g/mol. The molecular formula is C40H24N4O. The quantitative estimate of drug-likeness (QED) is 0.195. The van der Waals surface area contributed by atoms with Crippen molar-refractivity contribution in [1.82, 2.24) is 19.9 Å². The lowest BCUT2D eigenvalue weighted by molar-refractivity contribution is 0.673. The minimum absolute atomic E-state index is 0.853. The van der Waals surface area contributed by atoms with E-state index < -0.39 is 0 Å². The van der Waals surface area contributed by atoms with Gasteiger partial charge in [-0.3, -0.25) is 9.97 Å². The van der Waals surface area contributed by atoms with Crippen molar-refractivity contribution in [3.05, 3.63) is 146 Å². The fourth-order valence-electron chi connectivity index (χ4n) is 6.30. The van der Waals surface area contributed by atoms with Gasteiger partial charge in [-0.2, -0.15) is 0 Å². The molecule has 9 rings (SSSR count). The Morgan fingerprint density at radius 2 is 1.11 bits per heavy atom. The fraction of sp³-hybridized carbons (Fsp3) is 0. The number of hydrogen-bond acceptors (Lipinski definition) is 5. The second-order valence-electron chi connectivity index (χ2n) is 11.1. The highest BCUT2D eigenvalue weighted by Gasteiger charge is 2.18. The van der Waals surface area contributed by atoms with E-state index in [1.807, 2.05) is 54.9 Å². The smallest absolute Gasteiger partial charge is 0.144 e. The first-order valence-corrected chi connectivity index (χ1v) is 14.9. The van der Waals surface area contributed by atoms with Crippen molar-refractivity contribution in [2.45, 2.75) is 0 Å². The van der Waals surface area contributed by atoms with Crippen LogP contribution in [0.4, 0.5) is 0 Å². The average Bonchev–Trinajstić information content (AvgIpc) is 3.51. The molecular weight excluding hydrogens is 552 g/mol. The number of furan rings is 1. The first kappa shape index (κ1) is 25.3. The number of hydrogen-bond donors (Lipinski definition) is 0. The molecule has 0 unspecified atom stereocenters. The van der Waals surface area contributed by atoms with Crippen molar-refractivity contribution in [2.75, 3.05) is 0 Å². The molecule has 0 aliphatic carbocycles. The zero-order valence-corrected chi connectivity index (χ0v) is 24.1. The van der Waals surface area contributed by atoms with E-state index in [0.717, 1.165) is 88.5 Å². The Morgan fingerprint density at radius 1 is 0.444 bits per heavy atom. The number of para-hydroxylation sites is 2. The summed E-state index contributed by atoms with van der Waals surface area (Å²) in [5.41, 5.74) is 10.4. The Labute approximate surface area is 258 Å². The van der Waals surface area contributed by atoms with E-state index in [1.54, 1.807) is 12.4 Å². The van der Waals surface area contributed by atoms with Gasteiger partial charge in [0.05, 0.1) is 22.6 Å². The second-order valence-corrected chi connectivity index (χ2v) is 11.1. The van der Waals surface area contributed by atoms with Crippen LogP contribution in [0.5, 0.6) is 0 Å². The summed E-state index contributed by atoms with van der Waals surface area (Å²) in [5.74, 6) is 0. The lowest BCUT2D eigenvalue weighted by Crippen LogP contribution is -1.93. The molecule has 5 aromatic heterocycles. The van der Waals surface area contributed by atoms with Crippen LogP contribution in [0.3, 0.4) is 0 Å². The van der Waals surface area contributed by atoms with Gasteiger partial charge in [-0.15, -0.1) is 0 Å². The van der Waals surface area contributed by atoms with Crippen molar-refractivity contribution < 1.29 is 4.42 Å². The molecule has 0 aliphatic heterocycles. The van der Waals surface area contributed by atoms with Gasteiger partial charge >= 0.3 is 0 Å². The highest BCUT2D eigenvalue weighted by atomic mass is 16.3. The van der Waals surface area contributed by atoms with Crippen LogP contribution in [0, 0.1) is 0 Å². The van der Waals surface area contributed by atoms with Crippen LogP contribution in [0.2, 0.25) is 0 Å². The highest BCUT2D eigenvalue weighted by Crippen LogP contribution is 2.41. The normalized spacial score (nSPS) is 11.6. The lowest BCUT2D eigenvalue weighted by Gasteiger charge is -2.13. The largest absolute Gasteiger partial charge is 0.455 e. The van der Waals surface area contributed by atoms with Gasteiger partial charge in [0.2, 0.25) is 0 Å². The van der Waals surface area contributed by atoms with Crippen LogP contribution in [-0.2, 0) is 0 Å². The molecule has 45 heavy (non-hydrogen) atoms. The average molecular weight is 577 g/mol. The number of fused-ring (bicyclic) bond motifs is 7. The van der Waals surface area contributed by atoms with Crippen LogP contribution in [-0.4, -0.2) is 19.9 Å². The minimum atomic E-state index is 0.853. The zero-order valence-electron chi connectivity index (χ0n) is 24.1. The summed E-state index contributed by atoms with van der Waals surface area (Å²) >= 11 is 0. The van der Waals surface area contributed by atoms with Crippen molar-refractivity contribution in [1.29, 1.82) is 0 Å². The van der Waals surface area contributed by atoms with Crippen molar-refractivity contribution in [3.8, 4) is 44.9 Å². The summed E-state index contributed by atoms with van der Waals surface area (Å²) in [6.45, 7) is 0. The van der Waals surface area contributed by atoms with E-state index in [1.165, 1.54) is 0 Å². The molecule has 9 aromatic rings. The fourth-order valence-corrected chi connectivity index (χ4v) is 6.30. The van der Waals surface area contributed by atoms with E-state index in [9.17, 15) is 0 Å². The second kappa shape index (κ2) is 10.2. The van der Waals surface area contributed by atoms with E-state index in [4.69, 9.17) is 14.4 Å². The third-order valence-corrected chi connectivity index (χ3v) is 8.42. The summed E-state index contributed by atoms with van der Waals surface area (Å²) in [4.78, 5) is 18.9. The van der Waals surface area contributed by atoms with Crippen molar-refractivity contribution in [3.63, 3.8) is 0 Å². The molecule has 0 radical (unpaired) electrons. The summed E-state index contributed by atoms with van der Waals surface area (Å²) in [5, 5.41) is 5.44. The van der Waals surface area contributed by atoms with Crippen LogP contribution < -0.4 is 0 Å². The van der Waals surface area contributed by atoms with Crippen molar-refractivity contribution >= 4 is 43.6 Å². The lowest BCUT2D eigenvalue weighted by atomic mass is 9.95. The Morgan fingerprint density at radius 3 is 1.87 bits per heavy atom.